The zero-order chi connectivity index (χ0) is 17.6. The number of para-hydroxylation sites is 1. The normalized spacial score (nSPS) is 16.4. The molecule has 0 N–H and O–H groups in total. The third kappa shape index (κ3) is 9.69. The topological polar surface area (TPSA) is 21.8 Å². The maximum absolute atomic E-state index is 5.88. The van der Waals surface area contributed by atoms with E-state index in [1.54, 1.807) is 0 Å². The van der Waals surface area contributed by atoms with Gasteiger partial charge >= 0.3 is 0 Å². The molecule has 1 heterocycles. The molecule has 2 heteroatoms. The number of rotatable bonds is 15. The Morgan fingerprint density at radius 3 is 2.36 bits per heavy atom. The van der Waals surface area contributed by atoms with Crippen LogP contribution in [0, 0.1) is 0 Å². The van der Waals surface area contributed by atoms with Crippen LogP contribution < -0.4 is 4.74 Å². The van der Waals surface area contributed by atoms with Gasteiger partial charge in [0.25, 0.3) is 0 Å². The molecule has 140 valence electrons. The van der Waals surface area contributed by atoms with Gasteiger partial charge in [-0.3, -0.25) is 0 Å². The van der Waals surface area contributed by atoms with Gasteiger partial charge in [0.05, 0.1) is 6.61 Å². The monoisotopic (exact) mass is 344 g/mol. The minimum Gasteiger partial charge on any atom is -0.491 e. The fraction of sp³-hybridized carbons (Fsp3) is 0.652. The molecule has 1 atom stereocenters. The first-order chi connectivity index (χ1) is 12.4. The van der Waals surface area contributed by atoms with Crippen LogP contribution in [0.15, 0.2) is 36.4 Å². The Morgan fingerprint density at radius 1 is 0.960 bits per heavy atom. The van der Waals surface area contributed by atoms with Crippen molar-refractivity contribution >= 4 is 0 Å². The minimum atomic E-state index is 0.327. The van der Waals surface area contributed by atoms with Gasteiger partial charge in [-0.25, -0.2) is 0 Å². The molecule has 0 aromatic heterocycles. The molecule has 1 aliphatic heterocycles. The van der Waals surface area contributed by atoms with Gasteiger partial charge in [0, 0.05) is 0 Å². The predicted molar refractivity (Wildman–Crippen MR) is 106 cm³/mol. The van der Waals surface area contributed by atoms with E-state index in [0.717, 1.165) is 18.8 Å². The van der Waals surface area contributed by atoms with Gasteiger partial charge in [-0.15, -0.1) is 0 Å². The Balaban J connectivity index is 1.48. The van der Waals surface area contributed by atoms with Gasteiger partial charge in [0.15, 0.2) is 0 Å². The number of aryl methyl sites for hydroxylation is 1. The number of allylic oxidation sites excluding steroid dienone is 2. The molecule has 1 aliphatic rings. The van der Waals surface area contributed by atoms with Crippen LogP contribution >= 0.6 is 0 Å². The molecule has 2 rings (SSSR count). The SMILES string of the molecule is CCCCCC/C=C/CCCCCCc1ccccc1OCC1CO1. The average Bonchev–Trinajstić information content (AvgIpc) is 3.46. The van der Waals surface area contributed by atoms with Crippen molar-refractivity contribution in [3.05, 3.63) is 42.0 Å². The Bertz CT molecular complexity index is 477. The number of epoxide rings is 1. The summed E-state index contributed by atoms with van der Waals surface area (Å²) in [7, 11) is 0. The van der Waals surface area contributed by atoms with E-state index in [1.807, 2.05) is 0 Å². The molecule has 0 amide bonds. The smallest absolute Gasteiger partial charge is 0.122 e. The molecule has 1 fully saturated rings. The van der Waals surface area contributed by atoms with Crippen LogP contribution in [0.4, 0.5) is 0 Å². The first-order valence-electron chi connectivity index (χ1n) is 10.4. The standard InChI is InChI=1S/C23H36O2/c1-2-3-4-5-6-7-8-9-10-11-12-13-16-21-17-14-15-18-23(21)25-20-22-19-24-22/h7-8,14-15,17-18,22H,2-6,9-13,16,19-20H2,1H3/b8-7+. The highest BCUT2D eigenvalue weighted by Gasteiger charge is 2.23. The van der Waals surface area contributed by atoms with Crippen molar-refractivity contribution in [3.63, 3.8) is 0 Å². The fourth-order valence-electron chi connectivity index (χ4n) is 3.05. The van der Waals surface area contributed by atoms with Gasteiger partial charge in [0.2, 0.25) is 0 Å². The molecule has 1 saturated heterocycles. The van der Waals surface area contributed by atoms with E-state index in [1.165, 1.54) is 69.8 Å². The number of unbranched alkanes of at least 4 members (excludes halogenated alkanes) is 8. The predicted octanol–water partition coefficient (Wildman–Crippen LogP) is 6.48. The van der Waals surface area contributed by atoms with Crippen LogP contribution in [0.1, 0.15) is 76.7 Å². The molecule has 0 saturated carbocycles. The molecule has 2 nitrogen and oxygen atoms in total. The maximum atomic E-state index is 5.88. The molecule has 0 bridgehead atoms. The van der Waals surface area contributed by atoms with Gasteiger partial charge < -0.3 is 9.47 Å². The first-order valence-corrected chi connectivity index (χ1v) is 10.4. The van der Waals surface area contributed by atoms with E-state index >= 15 is 0 Å². The summed E-state index contributed by atoms with van der Waals surface area (Å²) in [5.41, 5.74) is 1.34. The van der Waals surface area contributed by atoms with Gasteiger partial charge in [-0.1, -0.05) is 69.4 Å². The van der Waals surface area contributed by atoms with Crippen molar-refractivity contribution in [3.8, 4) is 5.75 Å². The largest absolute Gasteiger partial charge is 0.491 e. The van der Waals surface area contributed by atoms with E-state index in [0.29, 0.717) is 12.7 Å². The fourth-order valence-corrected chi connectivity index (χ4v) is 3.05. The van der Waals surface area contributed by atoms with Crippen molar-refractivity contribution in [2.45, 2.75) is 83.7 Å². The second-order valence-electron chi connectivity index (χ2n) is 7.15. The molecule has 0 aliphatic carbocycles. The number of benzene rings is 1. The van der Waals surface area contributed by atoms with E-state index in [4.69, 9.17) is 9.47 Å². The summed E-state index contributed by atoms with van der Waals surface area (Å²) in [5.74, 6) is 1.05. The number of hydrogen-bond donors (Lipinski definition) is 0. The van der Waals surface area contributed by atoms with E-state index in [9.17, 15) is 0 Å². The molecule has 1 aromatic rings. The van der Waals surface area contributed by atoms with Crippen LogP contribution in [0.3, 0.4) is 0 Å². The molecule has 0 spiro atoms. The van der Waals surface area contributed by atoms with Crippen LogP contribution in [-0.2, 0) is 11.2 Å². The number of hydrogen-bond acceptors (Lipinski definition) is 2. The van der Waals surface area contributed by atoms with Crippen LogP contribution in [0.2, 0.25) is 0 Å². The lowest BCUT2D eigenvalue weighted by atomic mass is 10.0. The third-order valence-corrected chi connectivity index (χ3v) is 4.76. The second kappa shape index (κ2) is 13.0. The lowest BCUT2D eigenvalue weighted by Crippen LogP contribution is -2.05. The lowest BCUT2D eigenvalue weighted by Gasteiger charge is -2.10. The van der Waals surface area contributed by atoms with Crippen molar-refractivity contribution in [2.75, 3.05) is 13.2 Å². The van der Waals surface area contributed by atoms with Crippen molar-refractivity contribution in [1.29, 1.82) is 0 Å². The summed E-state index contributed by atoms with van der Waals surface area (Å²) >= 11 is 0. The van der Waals surface area contributed by atoms with Gasteiger partial charge in [-0.05, 0) is 50.2 Å². The first kappa shape index (κ1) is 20.0. The zero-order valence-electron chi connectivity index (χ0n) is 16.1. The maximum Gasteiger partial charge on any atom is 0.122 e. The summed E-state index contributed by atoms with van der Waals surface area (Å²) in [6, 6.07) is 8.45. The molecule has 25 heavy (non-hydrogen) atoms. The van der Waals surface area contributed by atoms with Crippen molar-refractivity contribution in [2.24, 2.45) is 0 Å². The molecular weight excluding hydrogens is 308 g/mol. The Hall–Kier alpha value is -1.28. The highest BCUT2D eigenvalue weighted by Crippen LogP contribution is 2.22. The van der Waals surface area contributed by atoms with Gasteiger partial charge in [-0.2, -0.15) is 0 Å². The summed E-state index contributed by atoms with van der Waals surface area (Å²) in [5, 5.41) is 0. The van der Waals surface area contributed by atoms with Crippen LogP contribution in [0.5, 0.6) is 5.75 Å². The van der Waals surface area contributed by atoms with Crippen LogP contribution in [-0.4, -0.2) is 19.3 Å². The number of ether oxygens (including phenoxy) is 2. The Morgan fingerprint density at radius 2 is 1.64 bits per heavy atom. The highest BCUT2D eigenvalue weighted by atomic mass is 16.6. The van der Waals surface area contributed by atoms with Crippen molar-refractivity contribution in [1.82, 2.24) is 0 Å². The molecule has 1 aromatic carbocycles. The Kier molecular flexibility index (Phi) is 10.4. The highest BCUT2D eigenvalue weighted by molar-refractivity contribution is 5.33. The average molecular weight is 345 g/mol. The Labute approximate surface area is 154 Å². The lowest BCUT2D eigenvalue weighted by molar-refractivity contribution is 0.261. The van der Waals surface area contributed by atoms with Crippen LogP contribution in [0.25, 0.3) is 0 Å². The van der Waals surface area contributed by atoms with E-state index in [2.05, 4.69) is 43.3 Å². The second-order valence-corrected chi connectivity index (χ2v) is 7.15. The van der Waals surface area contributed by atoms with Gasteiger partial charge in [0.1, 0.15) is 18.5 Å². The van der Waals surface area contributed by atoms with E-state index < -0.39 is 0 Å². The molecule has 0 radical (unpaired) electrons. The third-order valence-electron chi connectivity index (χ3n) is 4.76. The summed E-state index contributed by atoms with van der Waals surface area (Å²) < 4.78 is 11.1. The zero-order valence-corrected chi connectivity index (χ0v) is 16.1. The van der Waals surface area contributed by atoms with Crippen molar-refractivity contribution < 1.29 is 9.47 Å². The summed E-state index contributed by atoms with van der Waals surface area (Å²) in [6.45, 7) is 3.82. The summed E-state index contributed by atoms with van der Waals surface area (Å²) in [6.07, 6.45) is 19.4. The minimum absolute atomic E-state index is 0.327. The molecule has 1 unspecified atom stereocenters. The summed E-state index contributed by atoms with van der Waals surface area (Å²) in [4.78, 5) is 0. The molecular formula is C23H36O2. The van der Waals surface area contributed by atoms with E-state index in [-0.39, 0.29) is 0 Å². The quantitative estimate of drug-likeness (QED) is 0.206.